The van der Waals surface area contributed by atoms with Crippen molar-refractivity contribution in [3.8, 4) is 0 Å². The Hall–Kier alpha value is -0.570. The number of nitrogens with one attached hydrogen (secondary N) is 1. The molecule has 2 fully saturated rings. The highest BCUT2D eigenvalue weighted by molar-refractivity contribution is 5.79. The van der Waals surface area contributed by atoms with Crippen LogP contribution in [-0.2, 0) is 4.79 Å². The summed E-state index contributed by atoms with van der Waals surface area (Å²) in [5.41, 5.74) is 0.183. The highest BCUT2D eigenvalue weighted by Crippen LogP contribution is 2.27. The van der Waals surface area contributed by atoms with E-state index in [1.54, 1.807) is 0 Å². The molecule has 1 aliphatic heterocycles. The largest absolute Gasteiger partial charge is 0.342 e. The third-order valence-electron chi connectivity index (χ3n) is 4.15. The summed E-state index contributed by atoms with van der Waals surface area (Å²) in [4.78, 5) is 14.4. The lowest BCUT2D eigenvalue weighted by molar-refractivity contribution is -0.136. The Morgan fingerprint density at radius 1 is 1.06 bits per heavy atom. The number of nitrogens with zero attached hydrogens (tertiary/aromatic N) is 1. The molecule has 0 atom stereocenters. The van der Waals surface area contributed by atoms with Gasteiger partial charge in [-0.25, -0.2) is 0 Å². The van der Waals surface area contributed by atoms with Gasteiger partial charge in [0.25, 0.3) is 0 Å². The Morgan fingerprint density at radius 3 is 2.11 bits per heavy atom. The summed E-state index contributed by atoms with van der Waals surface area (Å²) < 4.78 is 0. The van der Waals surface area contributed by atoms with E-state index in [9.17, 15) is 4.79 Å². The van der Waals surface area contributed by atoms with Gasteiger partial charge in [-0.1, -0.05) is 12.8 Å². The minimum atomic E-state index is 0.183. The smallest absolute Gasteiger partial charge is 0.225 e. The van der Waals surface area contributed by atoms with Crippen molar-refractivity contribution in [2.75, 3.05) is 13.1 Å². The predicted molar refractivity (Wildman–Crippen MR) is 74.4 cm³/mol. The fourth-order valence-corrected chi connectivity index (χ4v) is 3.29. The summed E-state index contributed by atoms with van der Waals surface area (Å²) >= 11 is 0. The van der Waals surface area contributed by atoms with Crippen molar-refractivity contribution in [3.63, 3.8) is 0 Å². The van der Waals surface area contributed by atoms with Crippen molar-refractivity contribution in [2.45, 2.75) is 70.9 Å². The molecular weight excluding hydrogens is 224 g/mol. The van der Waals surface area contributed by atoms with E-state index in [0.29, 0.717) is 17.9 Å². The fraction of sp³-hybridized carbons (Fsp3) is 0.933. The molecule has 0 spiro atoms. The minimum absolute atomic E-state index is 0.183. The molecule has 0 radical (unpaired) electrons. The van der Waals surface area contributed by atoms with Crippen LogP contribution in [0.1, 0.15) is 59.3 Å². The molecule has 3 nitrogen and oxygen atoms in total. The van der Waals surface area contributed by atoms with Crippen molar-refractivity contribution >= 4 is 5.91 Å². The third kappa shape index (κ3) is 3.71. The molecule has 104 valence electrons. The van der Waals surface area contributed by atoms with Gasteiger partial charge in [0.2, 0.25) is 5.91 Å². The molecule has 1 saturated heterocycles. The summed E-state index contributed by atoms with van der Waals surface area (Å²) in [7, 11) is 0. The average Bonchev–Trinajstić information content (AvgIpc) is 2.80. The first-order valence-electron chi connectivity index (χ1n) is 7.52. The van der Waals surface area contributed by atoms with Gasteiger partial charge in [-0.3, -0.25) is 4.79 Å². The zero-order valence-corrected chi connectivity index (χ0v) is 12.2. The zero-order valence-electron chi connectivity index (χ0n) is 12.2. The normalized spacial score (nSPS) is 23.6. The molecule has 2 rings (SSSR count). The van der Waals surface area contributed by atoms with Crippen LogP contribution in [0.4, 0.5) is 0 Å². The average molecular weight is 252 g/mol. The lowest BCUT2D eigenvalue weighted by Gasteiger charge is -2.37. The quantitative estimate of drug-likeness (QED) is 0.819. The maximum Gasteiger partial charge on any atom is 0.225 e. The van der Waals surface area contributed by atoms with Crippen LogP contribution >= 0.6 is 0 Å². The van der Waals surface area contributed by atoms with E-state index in [0.717, 1.165) is 38.8 Å². The minimum Gasteiger partial charge on any atom is -0.342 e. The summed E-state index contributed by atoms with van der Waals surface area (Å²) in [6.45, 7) is 8.53. The number of piperidine rings is 1. The highest BCUT2D eigenvalue weighted by atomic mass is 16.2. The van der Waals surface area contributed by atoms with Crippen LogP contribution in [0.2, 0.25) is 0 Å². The Bertz CT molecular complexity index is 281. The molecule has 1 saturated carbocycles. The molecule has 0 aromatic heterocycles. The second-order valence-corrected chi connectivity index (χ2v) is 6.98. The van der Waals surface area contributed by atoms with Gasteiger partial charge in [0.05, 0.1) is 0 Å². The van der Waals surface area contributed by atoms with Gasteiger partial charge in [0.1, 0.15) is 0 Å². The molecule has 1 amide bonds. The van der Waals surface area contributed by atoms with Crippen LogP contribution < -0.4 is 5.32 Å². The molecule has 18 heavy (non-hydrogen) atoms. The highest BCUT2D eigenvalue weighted by Gasteiger charge is 2.30. The molecule has 0 aromatic rings. The van der Waals surface area contributed by atoms with Crippen molar-refractivity contribution in [1.82, 2.24) is 10.2 Å². The van der Waals surface area contributed by atoms with Gasteiger partial charge in [-0.2, -0.15) is 0 Å². The first-order chi connectivity index (χ1) is 8.46. The van der Waals surface area contributed by atoms with Crippen LogP contribution in [0.5, 0.6) is 0 Å². The lowest BCUT2D eigenvalue weighted by Crippen LogP contribution is -2.51. The van der Waals surface area contributed by atoms with Gasteiger partial charge in [-0.15, -0.1) is 0 Å². The molecule has 0 bridgehead atoms. The maximum absolute atomic E-state index is 12.3. The van der Waals surface area contributed by atoms with Crippen molar-refractivity contribution in [3.05, 3.63) is 0 Å². The molecule has 2 aliphatic rings. The number of rotatable bonds is 2. The summed E-state index contributed by atoms with van der Waals surface area (Å²) in [5, 5.41) is 3.65. The molecule has 0 unspecified atom stereocenters. The third-order valence-corrected chi connectivity index (χ3v) is 4.15. The van der Waals surface area contributed by atoms with E-state index in [1.807, 2.05) is 0 Å². The topological polar surface area (TPSA) is 32.3 Å². The Labute approximate surface area is 111 Å². The van der Waals surface area contributed by atoms with Crippen molar-refractivity contribution < 1.29 is 4.79 Å². The second kappa shape index (κ2) is 5.60. The van der Waals surface area contributed by atoms with Crippen LogP contribution in [0.3, 0.4) is 0 Å². The Balaban J connectivity index is 1.77. The Kier molecular flexibility index (Phi) is 4.31. The number of hydrogen-bond donors (Lipinski definition) is 1. The van der Waals surface area contributed by atoms with E-state index in [4.69, 9.17) is 0 Å². The number of amides is 1. The fourth-order valence-electron chi connectivity index (χ4n) is 3.29. The molecular formula is C15H28N2O. The van der Waals surface area contributed by atoms with Gasteiger partial charge in [0.15, 0.2) is 0 Å². The second-order valence-electron chi connectivity index (χ2n) is 6.98. The Morgan fingerprint density at radius 2 is 1.61 bits per heavy atom. The van der Waals surface area contributed by atoms with E-state index in [2.05, 4.69) is 31.0 Å². The maximum atomic E-state index is 12.3. The van der Waals surface area contributed by atoms with Crippen LogP contribution in [0, 0.1) is 5.92 Å². The molecule has 0 aromatic carbocycles. The monoisotopic (exact) mass is 252 g/mol. The van der Waals surface area contributed by atoms with Gasteiger partial charge >= 0.3 is 0 Å². The van der Waals surface area contributed by atoms with E-state index < -0.39 is 0 Å². The lowest BCUT2D eigenvalue weighted by atomic mass is 9.98. The molecule has 1 heterocycles. The predicted octanol–water partition coefficient (Wildman–Crippen LogP) is 2.56. The van der Waals surface area contributed by atoms with Gasteiger partial charge in [0, 0.05) is 30.6 Å². The summed E-state index contributed by atoms with van der Waals surface area (Å²) in [6.07, 6.45) is 6.96. The summed E-state index contributed by atoms with van der Waals surface area (Å²) in [6, 6.07) is 0.581. The molecule has 1 N–H and O–H groups in total. The number of likely N-dealkylation sites (tertiary alicyclic amines) is 1. The van der Waals surface area contributed by atoms with Crippen LogP contribution in [-0.4, -0.2) is 35.5 Å². The van der Waals surface area contributed by atoms with E-state index in [-0.39, 0.29) is 5.54 Å². The van der Waals surface area contributed by atoms with Crippen molar-refractivity contribution in [2.24, 2.45) is 5.92 Å². The molecule has 1 aliphatic carbocycles. The molecule has 3 heteroatoms. The van der Waals surface area contributed by atoms with Crippen molar-refractivity contribution in [1.29, 1.82) is 0 Å². The van der Waals surface area contributed by atoms with Gasteiger partial charge < -0.3 is 10.2 Å². The number of carbonyl (C=O) groups excluding carboxylic acids is 1. The number of carbonyl (C=O) groups is 1. The zero-order chi connectivity index (χ0) is 13.2. The SMILES string of the molecule is CC(C)(C)NC1CCN(C(=O)C2CCCC2)CC1. The van der Waals surface area contributed by atoms with Gasteiger partial charge in [-0.05, 0) is 46.5 Å². The first-order valence-corrected chi connectivity index (χ1v) is 7.52. The number of hydrogen-bond acceptors (Lipinski definition) is 2. The standard InChI is InChI=1S/C15H28N2O/c1-15(2,3)16-13-8-10-17(11-9-13)14(18)12-6-4-5-7-12/h12-13,16H,4-11H2,1-3H3. The first kappa shape index (κ1) is 13.9. The summed E-state index contributed by atoms with van der Waals surface area (Å²) in [5.74, 6) is 0.777. The van der Waals surface area contributed by atoms with Crippen LogP contribution in [0.25, 0.3) is 0 Å². The van der Waals surface area contributed by atoms with Crippen LogP contribution in [0.15, 0.2) is 0 Å². The van der Waals surface area contributed by atoms with E-state index >= 15 is 0 Å². The van der Waals surface area contributed by atoms with E-state index in [1.165, 1.54) is 12.8 Å².